The molecule has 0 amide bonds. The van der Waals surface area contributed by atoms with E-state index in [9.17, 15) is 0 Å². The topological polar surface area (TPSA) is 60.7 Å². The van der Waals surface area contributed by atoms with Crippen molar-refractivity contribution < 1.29 is 18.9 Å². The highest BCUT2D eigenvalue weighted by molar-refractivity contribution is 5.11. The molecule has 5 heteroatoms. The van der Waals surface area contributed by atoms with Gasteiger partial charge < -0.3 is 18.9 Å². The first-order chi connectivity index (χ1) is 8.68. The molecule has 0 aromatic rings. The van der Waals surface area contributed by atoms with Crippen molar-refractivity contribution in [3.63, 3.8) is 0 Å². The van der Waals surface area contributed by atoms with Crippen LogP contribution in [0.15, 0.2) is 0 Å². The van der Waals surface area contributed by atoms with Crippen molar-refractivity contribution in [2.24, 2.45) is 5.41 Å². The van der Waals surface area contributed by atoms with E-state index in [1.165, 1.54) is 0 Å². The Morgan fingerprint density at radius 1 is 0.944 bits per heavy atom. The maximum absolute atomic E-state index is 8.89. The molecule has 0 N–H and O–H groups in total. The number of hydrogen-bond acceptors (Lipinski definition) is 5. The van der Waals surface area contributed by atoms with E-state index in [4.69, 9.17) is 24.2 Å². The second-order valence-electron chi connectivity index (χ2n) is 5.39. The van der Waals surface area contributed by atoms with Gasteiger partial charge in [-0.3, -0.25) is 0 Å². The Hall–Kier alpha value is -0.670. The first kappa shape index (κ1) is 12.4. The fourth-order valence-corrected chi connectivity index (χ4v) is 3.69. The number of nitrogens with zero attached hydrogens (tertiary/aromatic N) is 1. The van der Waals surface area contributed by atoms with E-state index in [0.29, 0.717) is 39.3 Å². The van der Waals surface area contributed by atoms with Crippen LogP contribution in [-0.4, -0.2) is 38.0 Å². The summed E-state index contributed by atoms with van der Waals surface area (Å²) in [7, 11) is 0. The molecule has 2 aliphatic heterocycles. The molecular formula is C13H19NO4. The minimum atomic E-state index is -0.631. The van der Waals surface area contributed by atoms with Crippen LogP contribution in [0.4, 0.5) is 0 Å². The summed E-state index contributed by atoms with van der Waals surface area (Å²) in [6.07, 6.45) is 2.67. The van der Waals surface area contributed by atoms with E-state index in [1.807, 2.05) is 0 Å². The molecule has 0 aromatic heterocycles. The Morgan fingerprint density at radius 2 is 1.39 bits per heavy atom. The molecule has 1 saturated carbocycles. The lowest BCUT2D eigenvalue weighted by atomic mass is 9.75. The molecular weight excluding hydrogens is 234 g/mol. The van der Waals surface area contributed by atoms with Crippen LogP contribution in [0.1, 0.15) is 32.6 Å². The van der Waals surface area contributed by atoms with Crippen LogP contribution in [-0.2, 0) is 18.9 Å². The molecule has 3 rings (SSSR count). The minimum absolute atomic E-state index is 0.414. The molecule has 0 bridgehead atoms. The molecule has 18 heavy (non-hydrogen) atoms. The standard InChI is InChI=1S/C13H19NO4/c1-11(3-2-6-14)12(15-7-8-16-12)4-5-13(11)17-9-10-18-13/h2-5,7-10H2,1H3. The number of ether oxygens (including phenoxy) is 4. The maximum atomic E-state index is 8.89. The molecule has 100 valence electrons. The lowest BCUT2D eigenvalue weighted by Gasteiger charge is -2.45. The van der Waals surface area contributed by atoms with Crippen LogP contribution in [0.25, 0.3) is 0 Å². The summed E-state index contributed by atoms with van der Waals surface area (Å²) in [6.45, 7) is 4.51. The van der Waals surface area contributed by atoms with Gasteiger partial charge in [0.05, 0.1) is 37.9 Å². The van der Waals surface area contributed by atoms with Gasteiger partial charge in [-0.05, 0) is 13.3 Å². The fraction of sp³-hybridized carbons (Fsp3) is 0.923. The summed E-state index contributed by atoms with van der Waals surface area (Å²) in [5.41, 5.74) is -0.414. The monoisotopic (exact) mass is 253 g/mol. The van der Waals surface area contributed by atoms with Crippen molar-refractivity contribution in [1.82, 2.24) is 0 Å². The van der Waals surface area contributed by atoms with Crippen LogP contribution in [0.5, 0.6) is 0 Å². The predicted molar refractivity (Wildman–Crippen MR) is 61.5 cm³/mol. The molecule has 2 saturated heterocycles. The number of rotatable bonds is 2. The van der Waals surface area contributed by atoms with Crippen LogP contribution in [0.3, 0.4) is 0 Å². The average molecular weight is 253 g/mol. The quantitative estimate of drug-likeness (QED) is 0.747. The molecule has 0 aromatic carbocycles. The molecule has 0 atom stereocenters. The van der Waals surface area contributed by atoms with Gasteiger partial charge in [-0.2, -0.15) is 5.26 Å². The van der Waals surface area contributed by atoms with Crippen molar-refractivity contribution in [3.05, 3.63) is 0 Å². The zero-order valence-corrected chi connectivity index (χ0v) is 10.7. The van der Waals surface area contributed by atoms with Crippen LogP contribution in [0.2, 0.25) is 0 Å². The second kappa shape index (κ2) is 4.17. The molecule has 0 unspecified atom stereocenters. The van der Waals surface area contributed by atoms with Crippen molar-refractivity contribution >= 4 is 0 Å². The highest BCUT2D eigenvalue weighted by Gasteiger charge is 2.70. The molecule has 2 spiro atoms. The van der Waals surface area contributed by atoms with Crippen molar-refractivity contribution in [3.8, 4) is 6.07 Å². The Morgan fingerprint density at radius 3 is 1.78 bits per heavy atom. The lowest BCUT2D eigenvalue weighted by molar-refractivity contribution is -0.301. The Kier molecular flexibility index (Phi) is 2.87. The Labute approximate surface area is 107 Å². The summed E-state index contributed by atoms with van der Waals surface area (Å²) in [4.78, 5) is 0. The summed E-state index contributed by atoms with van der Waals surface area (Å²) >= 11 is 0. The lowest BCUT2D eigenvalue weighted by Crippen LogP contribution is -2.55. The van der Waals surface area contributed by atoms with Crippen LogP contribution < -0.4 is 0 Å². The minimum Gasteiger partial charge on any atom is -0.347 e. The maximum Gasteiger partial charge on any atom is 0.179 e. The number of hydrogen-bond donors (Lipinski definition) is 0. The van der Waals surface area contributed by atoms with Crippen LogP contribution in [0, 0.1) is 16.7 Å². The zero-order chi connectivity index (χ0) is 12.7. The molecule has 3 aliphatic rings. The zero-order valence-electron chi connectivity index (χ0n) is 10.7. The van der Waals surface area contributed by atoms with Gasteiger partial charge >= 0.3 is 0 Å². The normalized spacial score (nSPS) is 31.1. The smallest absolute Gasteiger partial charge is 0.179 e. The van der Waals surface area contributed by atoms with Gasteiger partial charge in [0.25, 0.3) is 0 Å². The van der Waals surface area contributed by atoms with Gasteiger partial charge in [0.15, 0.2) is 11.6 Å². The highest BCUT2D eigenvalue weighted by Crippen LogP contribution is 2.61. The molecule has 0 radical (unpaired) electrons. The molecule has 3 fully saturated rings. The third-order valence-electron chi connectivity index (χ3n) is 4.71. The first-order valence-corrected chi connectivity index (χ1v) is 6.61. The predicted octanol–water partition coefficient (Wildman–Crippen LogP) is 1.58. The molecule has 1 aliphatic carbocycles. The van der Waals surface area contributed by atoms with E-state index < -0.39 is 17.0 Å². The SMILES string of the molecule is CC1(CCC#N)C2(CCC13OCCO3)OCCO2. The fourth-order valence-electron chi connectivity index (χ4n) is 3.69. The Balaban J connectivity index is 1.95. The summed E-state index contributed by atoms with van der Waals surface area (Å²) in [6, 6.07) is 2.21. The van der Waals surface area contributed by atoms with Crippen molar-refractivity contribution in [1.29, 1.82) is 5.26 Å². The first-order valence-electron chi connectivity index (χ1n) is 6.61. The highest BCUT2D eigenvalue weighted by atomic mass is 16.8. The van der Waals surface area contributed by atoms with Gasteiger partial charge in [-0.1, -0.05) is 0 Å². The van der Waals surface area contributed by atoms with E-state index >= 15 is 0 Å². The van der Waals surface area contributed by atoms with Gasteiger partial charge in [0.1, 0.15) is 0 Å². The van der Waals surface area contributed by atoms with Gasteiger partial charge in [0, 0.05) is 19.3 Å². The van der Waals surface area contributed by atoms with E-state index in [1.54, 1.807) is 0 Å². The van der Waals surface area contributed by atoms with E-state index in [2.05, 4.69) is 13.0 Å². The third kappa shape index (κ3) is 1.41. The van der Waals surface area contributed by atoms with E-state index in [-0.39, 0.29) is 0 Å². The largest absolute Gasteiger partial charge is 0.347 e. The summed E-state index contributed by atoms with van der Waals surface area (Å²) in [5, 5.41) is 8.89. The molecule has 2 heterocycles. The van der Waals surface area contributed by atoms with Crippen molar-refractivity contribution in [2.75, 3.05) is 26.4 Å². The van der Waals surface area contributed by atoms with Gasteiger partial charge in [-0.25, -0.2) is 0 Å². The van der Waals surface area contributed by atoms with Gasteiger partial charge in [-0.15, -0.1) is 0 Å². The van der Waals surface area contributed by atoms with Crippen LogP contribution >= 0.6 is 0 Å². The number of nitriles is 1. The molecule has 5 nitrogen and oxygen atoms in total. The third-order valence-corrected chi connectivity index (χ3v) is 4.71. The summed E-state index contributed by atoms with van der Waals surface area (Å²) < 4.78 is 23.6. The summed E-state index contributed by atoms with van der Waals surface area (Å²) in [5.74, 6) is -1.26. The Bertz CT molecular complexity index is 340. The van der Waals surface area contributed by atoms with Crippen molar-refractivity contribution in [2.45, 2.75) is 44.2 Å². The second-order valence-corrected chi connectivity index (χ2v) is 5.39. The average Bonchev–Trinajstić information content (AvgIpc) is 3.07. The van der Waals surface area contributed by atoms with Gasteiger partial charge in [0.2, 0.25) is 0 Å². The van der Waals surface area contributed by atoms with E-state index in [0.717, 1.165) is 12.8 Å².